The van der Waals surface area contributed by atoms with Gasteiger partial charge in [-0.3, -0.25) is 14.4 Å². The first-order chi connectivity index (χ1) is 12.2. The third-order valence-electron chi connectivity index (χ3n) is 3.41. The van der Waals surface area contributed by atoms with Crippen molar-refractivity contribution in [2.75, 3.05) is 0 Å². The van der Waals surface area contributed by atoms with Crippen LogP contribution < -0.4 is 0 Å². The molecule has 0 unspecified atom stereocenters. The Kier molecular flexibility index (Phi) is 8.54. The Balaban J connectivity index is 2.86. The van der Waals surface area contributed by atoms with Crippen LogP contribution in [-0.2, 0) is 38.1 Å². The first-order valence-electron chi connectivity index (χ1n) is 8.24. The smallest absolute Gasteiger partial charge is 0.331 e. The number of ether oxygens (including phenoxy) is 4. The maximum absolute atomic E-state index is 11.4. The summed E-state index contributed by atoms with van der Waals surface area (Å²) >= 11 is 0. The lowest BCUT2D eigenvalue weighted by Crippen LogP contribution is -2.43. The summed E-state index contributed by atoms with van der Waals surface area (Å²) in [7, 11) is 0. The Morgan fingerprint density at radius 1 is 1.15 bits per heavy atom. The van der Waals surface area contributed by atoms with Gasteiger partial charge in [-0.15, -0.1) is 0 Å². The van der Waals surface area contributed by atoms with Crippen molar-refractivity contribution >= 4 is 23.9 Å². The molecule has 1 aliphatic heterocycles. The largest absolute Gasteiger partial charge is 0.459 e. The quantitative estimate of drug-likeness (QED) is 0.361. The Morgan fingerprint density at radius 3 is 2.31 bits per heavy atom. The molecule has 0 spiro atoms. The maximum Gasteiger partial charge on any atom is 0.331 e. The van der Waals surface area contributed by atoms with Crippen molar-refractivity contribution in [2.24, 2.45) is 0 Å². The molecule has 1 heterocycles. The van der Waals surface area contributed by atoms with Gasteiger partial charge in [-0.25, -0.2) is 4.79 Å². The van der Waals surface area contributed by atoms with E-state index in [2.05, 4.69) is 0 Å². The minimum Gasteiger partial charge on any atom is -0.459 e. The molecule has 0 aliphatic carbocycles. The lowest BCUT2D eigenvalue weighted by Gasteiger charge is -2.29. The fourth-order valence-electron chi connectivity index (χ4n) is 2.47. The van der Waals surface area contributed by atoms with Gasteiger partial charge in [0.25, 0.3) is 0 Å². The minimum atomic E-state index is -0.973. The molecule has 26 heavy (non-hydrogen) atoms. The standard InChI is InChI=1S/C18H24O8/c1-11(23-12(2)19)18(25-14(4)21)16(24-13(3)20)9-5-7-15-8-6-10-17(22)26-15/h5-7,10-11,15-16,18H,8-9H2,1-4H3/t11-,15+,16+,18+/m0/s1. The van der Waals surface area contributed by atoms with Gasteiger partial charge in [0.1, 0.15) is 18.3 Å². The molecule has 0 saturated heterocycles. The van der Waals surface area contributed by atoms with Gasteiger partial charge in [0.2, 0.25) is 0 Å². The maximum atomic E-state index is 11.4. The number of esters is 4. The summed E-state index contributed by atoms with van der Waals surface area (Å²) in [4.78, 5) is 45.3. The average molecular weight is 368 g/mol. The van der Waals surface area contributed by atoms with E-state index in [4.69, 9.17) is 18.9 Å². The number of carbonyl (C=O) groups is 4. The predicted molar refractivity (Wildman–Crippen MR) is 89.7 cm³/mol. The summed E-state index contributed by atoms with van der Waals surface area (Å²) in [5, 5.41) is 0. The van der Waals surface area contributed by atoms with Crippen LogP contribution in [0.3, 0.4) is 0 Å². The van der Waals surface area contributed by atoms with Gasteiger partial charge in [-0.1, -0.05) is 12.2 Å². The van der Waals surface area contributed by atoms with Crippen LogP contribution in [0.25, 0.3) is 0 Å². The fourth-order valence-corrected chi connectivity index (χ4v) is 2.47. The minimum absolute atomic E-state index is 0.181. The van der Waals surface area contributed by atoms with E-state index in [1.807, 2.05) is 0 Å². The predicted octanol–water partition coefficient (Wildman–Crippen LogP) is 1.62. The number of hydrogen-bond donors (Lipinski definition) is 0. The summed E-state index contributed by atoms with van der Waals surface area (Å²) in [5.74, 6) is -2.14. The third kappa shape index (κ3) is 7.96. The van der Waals surface area contributed by atoms with E-state index in [0.29, 0.717) is 6.42 Å². The second-order valence-electron chi connectivity index (χ2n) is 5.81. The van der Waals surface area contributed by atoms with Crippen molar-refractivity contribution in [3.05, 3.63) is 24.3 Å². The summed E-state index contributed by atoms with van der Waals surface area (Å²) in [6, 6.07) is 0. The molecular formula is C18H24O8. The van der Waals surface area contributed by atoms with E-state index >= 15 is 0 Å². The molecule has 0 radical (unpaired) electrons. The van der Waals surface area contributed by atoms with Crippen LogP contribution in [-0.4, -0.2) is 48.3 Å². The molecule has 1 rings (SSSR count). The van der Waals surface area contributed by atoms with Crippen LogP contribution >= 0.6 is 0 Å². The number of carbonyl (C=O) groups excluding carboxylic acids is 4. The summed E-state index contributed by atoms with van der Waals surface area (Å²) < 4.78 is 20.6. The monoisotopic (exact) mass is 368 g/mol. The Labute approximate surface area is 152 Å². The normalized spacial score (nSPS) is 20.0. The summed E-state index contributed by atoms with van der Waals surface area (Å²) in [5.41, 5.74) is 0. The summed E-state index contributed by atoms with van der Waals surface area (Å²) in [6.45, 7) is 5.21. The molecule has 8 nitrogen and oxygen atoms in total. The molecule has 0 amide bonds. The highest BCUT2D eigenvalue weighted by molar-refractivity contribution is 5.82. The van der Waals surface area contributed by atoms with E-state index in [9.17, 15) is 19.2 Å². The topological polar surface area (TPSA) is 105 Å². The van der Waals surface area contributed by atoms with Crippen molar-refractivity contribution in [3.8, 4) is 0 Å². The Morgan fingerprint density at radius 2 is 1.77 bits per heavy atom. The van der Waals surface area contributed by atoms with E-state index in [1.165, 1.54) is 26.8 Å². The highest BCUT2D eigenvalue weighted by Gasteiger charge is 2.33. The Hall–Kier alpha value is -2.64. The molecule has 1 aliphatic rings. The lowest BCUT2D eigenvalue weighted by atomic mass is 10.0. The molecule has 0 bridgehead atoms. The third-order valence-corrected chi connectivity index (χ3v) is 3.41. The van der Waals surface area contributed by atoms with E-state index < -0.39 is 48.3 Å². The van der Waals surface area contributed by atoms with Crippen molar-refractivity contribution in [1.29, 1.82) is 0 Å². The van der Waals surface area contributed by atoms with Crippen LogP contribution in [0.5, 0.6) is 0 Å². The zero-order valence-corrected chi connectivity index (χ0v) is 15.3. The summed E-state index contributed by atoms with van der Waals surface area (Å²) in [6.07, 6.45) is 4.04. The van der Waals surface area contributed by atoms with Crippen LogP contribution in [0.2, 0.25) is 0 Å². The second kappa shape index (κ2) is 10.4. The first-order valence-corrected chi connectivity index (χ1v) is 8.24. The van der Waals surface area contributed by atoms with Gasteiger partial charge in [0.05, 0.1) is 0 Å². The van der Waals surface area contributed by atoms with Crippen molar-refractivity contribution in [3.63, 3.8) is 0 Å². The molecule has 144 valence electrons. The molecule has 0 N–H and O–H groups in total. The molecule has 0 saturated carbocycles. The lowest BCUT2D eigenvalue weighted by molar-refractivity contribution is -0.181. The molecule has 0 aromatic carbocycles. The Bertz CT molecular complexity index is 592. The zero-order valence-electron chi connectivity index (χ0n) is 15.3. The molecule has 4 atom stereocenters. The van der Waals surface area contributed by atoms with Gasteiger partial charge < -0.3 is 18.9 Å². The van der Waals surface area contributed by atoms with Gasteiger partial charge >= 0.3 is 23.9 Å². The van der Waals surface area contributed by atoms with Gasteiger partial charge in [-0.2, -0.15) is 0 Å². The van der Waals surface area contributed by atoms with E-state index in [0.717, 1.165) is 0 Å². The molecule has 8 heteroatoms. The highest BCUT2D eigenvalue weighted by atomic mass is 16.6. The van der Waals surface area contributed by atoms with Gasteiger partial charge in [0.15, 0.2) is 6.10 Å². The number of rotatable bonds is 8. The van der Waals surface area contributed by atoms with Crippen molar-refractivity contribution in [2.45, 2.75) is 65.0 Å². The highest BCUT2D eigenvalue weighted by Crippen LogP contribution is 2.18. The van der Waals surface area contributed by atoms with Gasteiger partial charge in [0, 0.05) is 39.7 Å². The first kappa shape index (κ1) is 21.4. The SMILES string of the molecule is CC(=O)O[C@H]([C@H](C)OC(C)=O)[C@@H](CC=C[C@@H]1CC=CC(=O)O1)OC(C)=O. The molecular weight excluding hydrogens is 344 g/mol. The zero-order chi connectivity index (χ0) is 19.7. The molecule has 0 fully saturated rings. The van der Waals surface area contributed by atoms with Crippen LogP contribution in [0.1, 0.15) is 40.5 Å². The van der Waals surface area contributed by atoms with Gasteiger partial charge in [-0.05, 0) is 13.0 Å². The van der Waals surface area contributed by atoms with E-state index in [1.54, 1.807) is 25.2 Å². The molecule has 0 aromatic rings. The van der Waals surface area contributed by atoms with Crippen molar-refractivity contribution < 1.29 is 38.1 Å². The van der Waals surface area contributed by atoms with Crippen LogP contribution in [0.15, 0.2) is 24.3 Å². The van der Waals surface area contributed by atoms with Crippen molar-refractivity contribution in [1.82, 2.24) is 0 Å². The second-order valence-corrected chi connectivity index (χ2v) is 5.81. The number of cyclic esters (lactones) is 1. The molecule has 0 aromatic heterocycles. The fraction of sp³-hybridized carbons (Fsp3) is 0.556. The average Bonchev–Trinajstić information content (AvgIpc) is 2.50. The van der Waals surface area contributed by atoms with Crippen LogP contribution in [0, 0.1) is 0 Å². The van der Waals surface area contributed by atoms with E-state index in [-0.39, 0.29) is 6.42 Å². The van der Waals surface area contributed by atoms with Crippen LogP contribution in [0.4, 0.5) is 0 Å². The number of hydrogen-bond acceptors (Lipinski definition) is 8.